The maximum Gasteiger partial charge on any atom is 0.324 e. The molecule has 4 heteroatoms. The van der Waals surface area contributed by atoms with Crippen molar-refractivity contribution in [2.45, 2.75) is 13.1 Å². The molecule has 0 bridgehead atoms. The Kier molecular flexibility index (Phi) is 3.72. The molecule has 0 fully saturated rings. The third-order valence-electron chi connectivity index (χ3n) is 1.70. The minimum absolute atomic E-state index is 0.275. The van der Waals surface area contributed by atoms with Crippen LogP contribution in [0.15, 0.2) is 30.3 Å². The standard InChI is InChI=1S/C10H13ClO2Si/c1-14(2,8-11)13-10(12)9-6-4-3-5-7-9/h3-7H,8H2,1-2H3. The lowest BCUT2D eigenvalue weighted by atomic mass is 10.2. The Balaban J connectivity index is 2.69. The topological polar surface area (TPSA) is 26.3 Å². The van der Waals surface area contributed by atoms with Crippen LogP contribution in [0.25, 0.3) is 0 Å². The number of hydrogen-bond acceptors (Lipinski definition) is 2. The Hall–Kier alpha value is -0.803. The van der Waals surface area contributed by atoms with Crippen LogP contribution in [0.1, 0.15) is 10.4 Å². The molecule has 0 heterocycles. The zero-order valence-corrected chi connectivity index (χ0v) is 10.0. The molecule has 0 amide bonds. The van der Waals surface area contributed by atoms with E-state index in [9.17, 15) is 4.79 Å². The van der Waals surface area contributed by atoms with Crippen LogP contribution in [0.2, 0.25) is 13.1 Å². The number of carbonyl (C=O) groups excluding carboxylic acids is 1. The quantitative estimate of drug-likeness (QED) is 0.588. The second-order valence-corrected chi connectivity index (χ2v) is 8.44. The van der Waals surface area contributed by atoms with E-state index in [1.807, 2.05) is 31.3 Å². The Bertz CT molecular complexity index is 311. The summed E-state index contributed by atoms with van der Waals surface area (Å²) in [7, 11) is -2.01. The van der Waals surface area contributed by atoms with Gasteiger partial charge in [-0.05, 0) is 25.2 Å². The van der Waals surface area contributed by atoms with Gasteiger partial charge in [-0.25, -0.2) is 4.79 Å². The molecule has 0 unspecified atom stereocenters. The Morgan fingerprint density at radius 3 is 2.43 bits per heavy atom. The molecule has 1 aromatic rings. The third kappa shape index (κ3) is 3.16. The van der Waals surface area contributed by atoms with Crippen LogP contribution in [-0.4, -0.2) is 19.8 Å². The van der Waals surface area contributed by atoms with Crippen LogP contribution in [0.4, 0.5) is 0 Å². The third-order valence-corrected chi connectivity index (χ3v) is 5.01. The molecule has 0 spiro atoms. The molecule has 1 aromatic carbocycles. The Morgan fingerprint density at radius 1 is 1.36 bits per heavy atom. The summed E-state index contributed by atoms with van der Waals surface area (Å²) in [6.45, 7) is 3.84. The number of hydrogen-bond donors (Lipinski definition) is 0. The molecule has 14 heavy (non-hydrogen) atoms. The Morgan fingerprint density at radius 2 is 1.93 bits per heavy atom. The van der Waals surface area contributed by atoms with E-state index >= 15 is 0 Å². The molecular weight excluding hydrogens is 216 g/mol. The molecule has 0 radical (unpaired) electrons. The van der Waals surface area contributed by atoms with Gasteiger partial charge in [0, 0.05) is 0 Å². The van der Waals surface area contributed by atoms with Crippen molar-refractivity contribution >= 4 is 25.9 Å². The van der Waals surface area contributed by atoms with E-state index in [0.717, 1.165) is 0 Å². The van der Waals surface area contributed by atoms with E-state index < -0.39 is 8.32 Å². The summed E-state index contributed by atoms with van der Waals surface area (Å²) in [6, 6.07) is 8.96. The van der Waals surface area contributed by atoms with Crippen LogP contribution < -0.4 is 0 Å². The van der Waals surface area contributed by atoms with Crippen molar-refractivity contribution in [3.63, 3.8) is 0 Å². The van der Waals surface area contributed by atoms with E-state index in [0.29, 0.717) is 11.1 Å². The first-order valence-corrected chi connectivity index (χ1v) is 8.04. The molecule has 0 atom stereocenters. The van der Waals surface area contributed by atoms with Gasteiger partial charge in [0.1, 0.15) is 0 Å². The highest BCUT2D eigenvalue weighted by molar-refractivity contribution is 6.79. The van der Waals surface area contributed by atoms with Crippen molar-refractivity contribution < 1.29 is 9.22 Å². The number of halogens is 1. The van der Waals surface area contributed by atoms with E-state index in [1.165, 1.54) is 0 Å². The SMILES string of the molecule is C[Si](C)(CCl)OC(=O)c1ccccc1. The molecular formula is C10H13ClO2Si. The van der Waals surface area contributed by atoms with Crippen LogP contribution in [0.5, 0.6) is 0 Å². The first kappa shape index (κ1) is 11.3. The van der Waals surface area contributed by atoms with Crippen molar-refractivity contribution in [2.24, 2.45) is 0 Å². The molecule has 0 aliphatic carbocycles. The second kappa shape index (κ2) is 4.62. The van der Waals surface area contributed by atoms with Gasteiger partial charge in [0.15, 0.2) is 0 Å². The summed E-state index contributed by atoms with van der Waals surface area (Å²) < 4.78 is 5.34. The smallest absolute Gasteiger partial charge is 0.324 e. The monoisotopic (exact) mass is 228 g/mol. The first-order chi connectivity index (χ1) is 6.55. The summed E-state index contributed by atoms with van der Waals surface area (Å²) in [6.07, 6.45) is 0. The van der Waals surface area contributed by atoms with Gasteiger partial charge in [-0.1, -0.05) is 18.2 Å². The van der Waals surface area contributed by atoms with E-state index in [-0.39, 0.29) is 5.97 Å². The van der Waals surface area contributed by atoms with Crippen molar-refractivity contribution in [1.82, 2.24) is 0 Å². The van der Waals surface area contributed by atoms with E-state index in [1.54, 1.807) is 12.1 Å². The zero-order chi connectivity index (χ0) is 10.6. The normalized spacial score (nSPS) is 11.1. The van der Waals surface area contributed by atoms with Gasteiger partial charge >= 0.3 is 5.97 Å². The molecule has 0 N–H and O–H groups in total. The predicted octanol–water partition coefficient (Wildman–Crippen LogP) is 2.83. The summed E-state index contributed by atoms with van der Waals surface area (Å²) >= 11 is 5.71. The van der Waals surface area contributed by atoms with Gasteiger partial charge in [0.05, 0.1) is 11.1 Å². The molecule has 0 aliphatic heterocycles. The second-order valence-electron chi connectivity index (χ2n) is 3.65. The van der Waals surface area contributed by atoms with Crippen LogP contribution in [-0.2, 0) is 4.43 Å². The predicted molar refractivity (Wildman–Crippen MR) is 60.1 cm³/mol. The maximum atomic E-state index is 11.6. The summed E-state index contributed by atoms with van der Waals surface area (Å²) in [5.74, 6) is -0.275. The Labute approximate surface area is 90.0 Å². The van der Waals surface area contributed by atoms with Crippen LogP contribution in [0, 0.1) is 0 Å². The largest absolute Gasteiger partial charge is 0.515 e. The number of benzene rings is 1. The van der Waals surface area contributed by atoms with Gasteiger partial charge in [-0.2, -0.15) is 0 Å². The average Bonchev–Trinajstić information content (AvgIpc) is 2.19. The fourth-order valence-corrected chi connectivity index (χ4v) is 1.75. The van der Waals surface area contributed by atoms with Gasteiger partial charge < -0.3 is 4.43 Å². The van der Waals surface area contributed by atoms with E-state index in [2.05, 4.69) is 0 Å². The molecule has 0 saturated carbocycles. The fourth-order valence-electron chi connectivity index (χ4n) is 0.911. The average molecular weight is 229 g/mol. The highest BCUT2D eigenvalue weighted by atomic mass is 35.5. The van der Waals surface area contributed by atoms with Gasteiger partial charge in [-0.15, -0.1) is 11.6 Å². The molecule has 76 valence electrons. The first-order valence-electron chi connectivity index (χ1n) is 4.39. The molecule has 0 saturated heterocycles. The van der Waals surface area contributed by atoms with Crippen molar-refractivity contribution in [1.29, 1.82) is 0 Å². The van der Waals surface area contributed by atoms with Crippen LogP contribution in [0.3, 0.4) is 0 Å². The van der Waals surface area contributed by atoms with Gasteiger partial charge in [0.25, 0.3) is 8.32 Å². The molecule has 0 aromatic heterocycles. The lowest BCUT2D eigenvalue weighted by Gasteiger charge is -2.19. The van der Waals surface area contributed by atoms with Crippen LogP contribution >= 0.6 is 11.6 Å². The molecule has 0 aliphatic rings. The van der Waals surface area contributed by atoms with Crippen molar-refractivity contribution in [3.05, 3.63) is 35.9 Å². The molecule has 1 rings (SSSR count). The minimum Gasteiger partial charge on any atom is -0.515 e. The summed E-state index contributed by atoms with van der Waals surface area (Å²) in [4.78, 5) is 11.6. The van der Waals surface area contributed by atoms with Crippen molar-refractivity contribution in [3.8, 4) is 0 Å². The maximum absolute atomic E-state index is 11.6. The van der Waals surface area contributed by atoms with E-state index in [4.69, 9.17) is 16.0 Å². The highest BCUT2D eigenvalue weighted by Crippen LogP contribution is 2.10. The zero-order valence-electron chi connectivity index (χ0n) is 8.29. The summed E-state index contributed by atoms with van der Waals surface area (Å²) in [5, 5.41) is 0. The van der Waals surface area contributed by atoms with Gasteiger partial charge in [-0.3, -0.25) is 0 Å². The molecule has 2 nitrogen and oxygen atoms in total. The number of rotatable bonds is 3. The summed E-state index contributed by atoms with van der Waals surface area (Å²) in [5.41, 5.74) is 1.00. The number of alkyl halides is 1. The highest BCUT2D eigenvalue weighted by Gasteiger charge is 2.26. The fraction of sp³-hybridized carbons (Fsp3) is 0.300. The van der Waals surface area contributed by atoms with Gasteiger partial charge in [0.2, 0.25) is 0 Å². The lowest BCUT2D eigenvalue weighted by molar-refractivity contribution is 0.0724. The minimum atomic E-state index is -2.01. The number of carbonyl (C=O) groups is 1. The van der Waals surface area contributed by atoms with Crippen molar-refractivity contribution in [2.75, 3.05) is 5.50 Å². The lowest BCUT2D eigenvalue weighted by Crippen LogP contribution is -2.35.